The lowest BCUT2D eigenvalue weighted by atomic mass is 10.1. The predicted molar refractivity (Wildman–Crippen MR) is 85.7 cm³/mol. The standard InChI is InChI=1S/C17H15F3N2O3/c1-24-14-6-8-15(9-7-14)25-11-16(23)22-21-10-12-2-4-13(5-3-12)17(18,19)20/h2-10H,11H2,1H3,(H,22,23)/b21-10-. The Bertz CT molecular complexity index is 726. The van der Waals surface area contributed by atoms with Crippen LogP contribution in [-0.4, -0.2) is 25.8 Å². The third kappa shape index (κ3) is 5.83. The van der Waals surface area contributed by atoms with Crippen molar-refractivity contribution in [3.63, 3.8) is 0 Å². The number of halogens is 3. The van der Waals surface area contributed by atoms with Crippen molar-refractivity contribution in [2.24, 2.45) is 5.10 Å². The smallest absolute Gasteiger partial charge is 0.416 e. The number of methoxy groups -OCH3 is 1. The zero-order valence-electron chi connectivity index (χ0n) is 13.2. The van der Waals surface area contributed by atoms with Crippen molar-refractivity contribution < 1.29 is 27.4 Å². The lowest BCUT2D eigenvalue weighted by Gasteiger charge is -2.06. The van der Waals surface area contributed by atoms with E-state index in [4.69, 9.17) is 9.47 Å². The third-order valence-corrected chi connectivity index (χ3v) is 3.07. The second-order valence-corrected chi connectivity index (χ2v) is 4.88. The Morgan fingerprint density at radius 1 is 1.08 bits per heavy atom. The van der Waals surface area contributed by atoms with Crippen LogP contribution in [0.5, 0.6) is 11.5 Å². The molecular formula is C17H15F3N2O3. The number of hydrogen-bond acceptors (Lipinski definition) is 4. The number of carbonyl (C=O) groups is 1. The molecule has 132 valence electrons. The van der Waals surface area contributed by atoms with Gasteiger partial charge in [0.2, 0.25) is 0 Å². The normalized spacial score (nSPS) is 11.4. The number of amides is 1. The number of carbonyl (C=O) groups excluding carboxylic acids is 1. The molecule has 25 heavy (non-hydrogen) atoms. The van der Waals surface area contributed by atoms with E-state index in [1.165, 1.54) is 25.5 Å². The molecule has 2 aromatic rings. The molecular weight excluding hydrogens is 337 g/mol. The zero-order valence-corrected chi connectivity index (χ0v) is 13.2. The fourth-order valence-electron chi connectivity index (χ4n) is 1.79. The molecule has 8 heteroatoms. The van der Waals surface area contributed by atoms with Crippen molar-refractivity contribution in [3.05, 3.63) is 59.7 Å². The summed E-state index contributed by atoms with van der Waals surface area (Å²) in [5, 5.41) is 3.67. The van der Waals surface area contributed by atoms with Gasteiger partial charge in [-0.2, -0.15) is 18.3 Å². The van der Waals surface area contributed by atoms with Gasteiger partial charge in [0, 0.05) is 0 Å². The van der Waals surface area contributed by atoms with E-state index in [-0.39, 0.29) is 6.61 Å². The summed E-state index contributed by atoms with van der Waals surface area (Å²) in [6.45, 7) is -0.253. The summed E-state index contributed by atoms with van der Waals surface area (Å²) < 4.78 is 47.6. The van der Waals surface area contributed by atoms with Crippen LogP contribution in [0.4, 0.5) is 13.2 Å². The maximum atomic E-state index is 12.4. The highest BCUT2D eigenvalue weighted by Crippen LogP contribution is 2.28. The van der Waals surface area contributed by atoms with E-state index in [1.54, 1.807) is 24.3 Å². The van der Waals surface area contributed by atoms with E-state index in [0.29, 0.717) is 17.1 Å². The molecule has 2 aromatic carbocycles. The summed E-state index contributed by atoms with van der Waals surface area (Å²) in [5.41, 5.74) is 1.90. The number of hydrazone groups is 1. The van der Waals surface area contributed by atoms with Gasteiger partial charge < -0.3 is 9.47 Å². The summed E-state index contributed by atoms with van der Waals surface area (Å²) in [6, 6.07) is 11.1. The second kappa shape index (κ2) is 8.18. The molecule has 5 nitrogen and oxygen atoms in total. The Balaban J connectivity index is 1.79. The molecule has 0 atom stereocenters. The molecule has 0 radical (unpaired) electrons. The van der Waals surface area contributed by atoms with Crippen molar-refractivity contribution in [2.75, 3.05) is 13.7 Å². The average Bonchev–Trinajstić information content (AvgIpc) is 2.60. The van der Waals surface area contributed by atoms with Gasteiger partial charge in [-0.05, 0) is 42.0 Å². The molecule has 0 fully saturated rings. The van der Waals surface area contributed by atoms with Gasteiger partial charge in [-0.1, -0.05) is 12.1 Å². The topological polar surface area (TPSA) is 59.9 Å². The fourth-order valence-corrected chi connectivity index (χ4v) is 1.79. The zero-order chi connectivity index (χ0) is 18.3. The summed E-state index contributed by atoms with van der Waals surface area (Å²) in [4.78, 5) is 11.6. The molecule has 1 amide bonds. The van der Waals surface area contributed by atoms with Crippen LogP contribution in [0.1, 0.15) is 11.1 Å². The Labute approximate surface area is 142 Å². The number of rotatable bonds is 6. The molecule has 0 unspecified atom stereocenters. The first-order chi connectivity index (χ1) is 11.9. The summed E-state index contributed by atoms with van der Waals surface area (Å²) >= 11 is 0. The van der Waals surface area contributed by atoms with Gasteiger partial charge in [-0.15, -0.1) is 0 Å². The highest BCUT2D eigenvalue weighted by atomic mass is 19.4. The molecule has 0 aliphatic rings. The van der Waals surface area contributed by atoms with Gasteiger partial charge in [-0.3, -0.25) is 4.79 Å². The molecule has 0 spiro atoms. The third-order valence-electron chi connectivity index (χ3n) is 3.07. The van der Waals surface area contributed by atoms with Gasteiger partial charge in [0.05, 0.1) is 18.9 Å². The lowest BCUT2D eigenvalue weighted by Crippen LogP contribution is -2.24. The van der Waals surface area contributed by atoms with Crippen LogP contribution in [0.3, 0.4) is 0 Å². The molecule has 1 N–H and O–H groups in total. The number of ether oxygens (including phenoxy) is 2. The molecule has 0 saturated carbocycles. The van der Waals surface area contributed by atoms with Crippen LogP contribution in [0.25, 0.3) is 0 Å². The number of nitrogens with one attached hydrogen (secondary N) is 1. The van der Waals surface area contributed by atoms with Crippen LogP contribution in [0.15, 0.2) is 53.6 Å². The Hall–Kier alpha value is -3.03. The summed E-state index contributed by atoms with van der Waals surface area (Å²) in [6.07, 6.45) is -3.14. The Morgan fingerprint density at radius 3 is 2.24 bits per heavy atom. The summed E-state index contributed by atoms with van der Waals surface area (Å²) in [7, 11) is 1.54. The lowest BCUT2D eigenvalue weighted by molar-refractivity contribution is -0.137. The van der Waals surface area contributed by atoms with Gasteiger partial charge >= 0.3 is 6.18 Å². The quantitative estimate of drug-likeness (QED) is 0.641. The molecule has 0 bridgehead atoms. The second-order valence-electron chi connectivity index (χ2n) is 4.88. The van der Waals surface area contributed by atoms with Crippen LogP contribution in [-0.2, 0) is 11.0 Å². The highest BCUT2D eigenvalue weighted by molar-refractivity contribution is 5.82. The van der Waals surface area contributed by atoms with E-state index in [9.17, 15) is 18.0 Å². The van der Waals surface area contributed by atoms with Crippen LogP contribution in [0, 0.1) is 0 Å². The Kier molecular flexibility index (Phi) is 5.99. The molecule has 0 aliphatic heterocycles. The minimum atomic E-state index is -4.39. The first-order valence-corrected chi connectivity index (χ1v) is 7.14. The van der Waals surface area contributed by atoms with Crippen molar-refractivity contribution in [3.8, 4) is 11.5 Å². The van der Waals surface area contributed by atoms with Crippen molar-refractivity contribution in [2.45, 2.75) is 6.18 Å². The fraction of sp³-hybridized carbons (Fsp3) is 0.176. The van der Waals surface area contributed by atoms with Gasteiger partial charge in [0.15, 0.2) is 6.61 Å². The maximum Gasteiger partial charge on any atom is 0.416 e. The van der Waals surface area contributed by atoms with Crippen LogP contribution < -0.4 is 14.9 Å². The molecule has 2 rings (SSSR count). The van der Waals surface area contributed by atoms with Crippen LogP contribution in [0.2, 0.25) is 0 Å². The monoisotopic (exact) mass is 352 g/mol. The predicted octanol–water partition coefficient (Wildman–Crippen LogP) is 3.24. The van der Waals surface area contributed by atoms with E-state index < -0.39 is 17.6 Å². The van der Waals surface area contributed by atoms with E-state index in [0.717, 1.165) is 12.1 Å². The number of alkyl halides is 3. The minimum absolute atomic E-state index is 0.253. The van der Waals surface area contributed by atoms with E-state index >= 15 is 0 Å². The Morgan fingerprint density at radius 2 is 1.68 bits per heavy atom. The first-order valence-electron chi connectivity index (χ1n) is 7.14. The minimum Gasteiger partial charge on any atom is -0.497 e. The first kappa shape index (κ1) is 18.3. The van der Waals surface area contributed by atoms with E-state index in [2.05, 4.69) is 10.5 Å². The van der Waals surface area contributed by atoms with Crippen molar-refractivity contribution in [1.29, 1.82) is 0 Å². The number of benzene rings is 2. The van der Waals surface area contributed by atoms with E-state index in [1.807, 2.05) is 0 Å². The van der Waals surface area contributed by atoms with Gasteiger partial charge in [0.25, 0.3) is 5.91 Å². The summed E-state index contributed by atoms with van der Waals surface area (Å²) in [5.74, 6) is 0.652. The maximum absolute atomic E-state index is 12.4. The SMILES string of the molecule is COc1ccc(OCC(=O)N/N=C\c2ccc(C(F)(F)F)cc2)cc1. The molecule has 0 saturated heterocycles. The molecule has 0 aromatic heterocycles. The molecule has 0 heterocycles. The van der Waals surface area contributed by atoms with Gasteiger partial charge in [0.1, 0.15) is 11.5 Å². The van der Waals surface area contributed by atoms with Gasteiger partial charge in [-0.25, -0.2) is 5.43 Å². The van der Waals surface area contributed by atoms with Crippen molar-refractivity contribution in [1.82, 2.24) is 5.43 Å². The number of hydrogen-bond donors (Lipinski definition) is 1. The van der Waals surface area contributed by atoms with Crippen LogP contribution >= 0.6 is 0 Å². The average molecular weight is 352 g/mol. The highest BCUT2D eigenvalue weighted by Gasteiger charge is 2.29. The number of nitrogens with zero attached hydrogens (tertiary/aromatic N) is 1. The van der Waals surface area contributed by atoms with Crippen molar-refractivity contribution >= 4 is 12.1 Å². The largest absolute Gasteiger partial charge is 0.497 e. The molecule has 0 aliphatic carbocycles.